The Morgan fingerprint density at radius 3 is 2.23 bits per heavy atom. The zero-order valence-corrected chi connectivity index (χ0v) is 17.0. The molecule has 0 saturated heterocycles. The quantitative estimate of drug-likeness (QED) is 0.397. The minimum Gasteiger partial charge on any atom is -0.480 e. The smallest absolute Gasteiger partial charge is 0.408 e. The van der Waals surface area contributed by atoms with Gasteiger partial charge in [-0.05, 0) is 19.4 Å². The molecule has 30 heavy (non-hydrogen) atoms. The molecule has 5 N–H and O–H groups in total. The van der Waals surface area contributed by atoms with Crippen molar-refractivity contribution in [2.45, 2.75) is 45.0 Å². The van der Waals surface area contributed by atoms with Gasteiger partial charge in [-0.1, -0.05) is 30.3 Å². The first-order valence-corrected chi connectivity index (χ1v) is 9.08. The molecule has 0 radical (unpaired) electrons. The third kappa shape index (κ3) is 7.78. The van der Waals surface area contributed by atoms with E-state index < -0.39 is 54.3 Å². The van der Waals surface area contributed by atoms with Gasteiger partial charge in [-0.25, -0.2) is 9.59 Å². The number of nitrogens with one attached hydrogen (secondary N) is 2. The van der Waals surface area contributed by atoms with Crippen molar-refractivity contribution in [2.24, 2.45) is 5.73 Å². The number of ether oxygens (including phenoxy) is 1. The van der Waals surface area contributed by atoms with Crippen molar-refractivity contribution in [1.29, 1.82) is 0 Å². The summed E-state index contributed by atoms with van der Waals surface area (Å²) < 4.78 is 5.04. The predicted octanol–water partition coefficient (Wildman–Crippen LogP) is -0.407. The number of hydrogen-bond acceptors (Lipinski definition) is 6. The number of hydrogen-bond donors (Lipinski definition) is 4. The van der Waals surface area contributed by atoms with E-state index in [4.69, 9.17) is 15.6 Å². The molecule has 0 aliphatic carbocycles. The summed E-state index contributed by atoms with van der Waals surface area (Å²) in [5.74, 6) is -3.72. The molecule has 0 saturated carbocycles. The number of benzene rings is 1. The first-order chi connectivity index (χ1) is 14.0. The third-order valence-electron chi connectivity index (χ3n) is 4.25. The number of nitrogens with two attached hydrogens (primary N) is 1. The van der Waals surface area contributed by atoms with Crippen LogP contribution in [0.2, 0.25) is 0 Å². The van der Waals surface area contributed by atoms with E-state index in [1.54, 1.807) is 24.3 Å². The Bertz CT molecular complexity index is 784. The molecule has 0 spiro atoms. The molecule has 0 bridgehead atoms. The maximum atomic E-state index is 12.5. The largest absolute Gasteiger partial charge is 0.480 e. The van der Waals surface area contributed by atoms with Gasteiger partial charge in [0.15, 0.2) is 0 Å². The molecule has 11 heteroatoms. The highest BCUT2D eigenvalue weighted by molar-refractivity contribution is 5.93. The van der Waals surface area contributed by atoms with E-state index in [9.17, 15) is 24.0 Å². The van der Waals surface area contributed by atoms with Gasteiger partial charge in [-0.3, -0.25) is 14.4 Å². The van der Waals surface area contributed by atoms with Crippen LogP contribution in [0.1, 0.15) is 25.8 Å². The first-order valence-electron chi connectivity index (χ1n) is 9.08. The number of carbonyl (C=O) groups is 5. The lowest BCUT2D eigenvalue weighted by Gasteiger charge is -2.28. The highest BCUT2D eigenvalue weighted by Crippen LogP contribution is 2.04. The van der Waals surface area contributed by atoms with E-state index in [0.29, 0.717) is 0 Å². The molecule has 164 valence electrons. The Kier molecular flexibility index (Phi) is 9.27. The number of carboxylic acids is 1. The van der Waals surface area contributed by atoms with Gasteiger partial charge in [0.2, 0.25) is 17.7 Å². The summed E-state index contributed by atoms with van der Waals surface area (Å²) >= 11 is 0. The average molecular weight is 422 g/mol. The monoisotopic (exact) mass is 422 g/mol. The Morgan fingerprint density at radius 1 is 1.10 bits per heavy atom. The van der Waals surface area contributed by atoms with Gasteiger partial charge in [0.05, 0.1) is 6.42 Å². The summed E-state index contributed by atoms with van der Waals surface area (Å²) in [6, 6.07) is 5.38. The topological polar surface area (TPSA) is 168 Å². The van der Waals surface area contributed by atoms with Crippen molar-refractivity contribution in [3.05, 3.63) is 35.9 Å². The highest BCUT2D eigenvalue weighted by atomic mass is 16.5. The zero-order chi connectivity index (χ0) is 22.8. The number of likely N-dealkylation sites (N-methyl/N-ethyl adjacent to an activating group) is 1. The molecule has 0 heterocycles. The van der Waals surface area contributed by atoms with Crippen LogP contribution in [0, 0.1) is 0 Å². The van der Waals surface area contributed by atoms with E-state index in [1.807, 2.05) is 6.07 Å². The summed E-state index contributed by atoms with van der Waals surface area (Å²) in [7, 11) is 1.32. The van der Waals surface area contributed by atoms with Crippen LogP contribution in [0.5, 0.6) is 0 Å². The first kappa shape index (κ1) is 24.4. The number of rotatable bonds is 10. The van der Waals surface area contributed by atoms with Crippen molar-refractivity contribution >= 4 is 29.8 Å². The normalized spacial score (nSPS) is 13.3. The molecule has 0 aromatic heterocycles. The van der Waals surface area contributed by atoms with Crippen molar-refractivity contribution in [2.75, 3.05) is 7.05 Å². The fraction of sp³-hybridized carbons (Fsp3) is 0.421. The molecule has 1 aromatic rings. The second kappa shape index (κ2) is 11.4. The SMILES string of the molecule is C[C@H](NC(=O)OCc1ccccc1)C(=O)N(C)[C@@H](C)C(=O)N[C@@H](CC(N)=O)C(=O)O. The Balaban J connectivity index is 2.59. The summed E-state index contributed by atoms with van der Waals surface area (Å²) in [6.45, 7) is 2.82. The Hall–Kier alpha value is -3.63. The number of carboxylic acid groups (broad SMARTS) is 1. The van der Waals surface area contributed by atoms with Gasteiger partial charge in [0, 0.05) is 7.05 Å². The number of amides is 4. The highest BCUT2D eigenvalue weighted by Gasteiger charge is 2.30. The molecule has 3 atom stereocenters. The van der Waals surface area contributed by atoms with Crippen LogP contribution in [0.3, 0.4) is 0 Å². The van der Waals surface area contributed by atoms with E-state index in [-0.39, 0.29) is 6.61 Å². The third-order valence-corrected chi connectivity index (χ3v) is 4.25. The fourth-order valence-electron chi connectivity index (χ4n) is 2.37. The van der Waals surface area contributed by atoms with Crippen molar-refractivity contribution in [3.8, 4) is 0 Å². The van der Waals surface area contributed by atoms with Crippen LogP contribution < -0.4 is 16.4 Å². The molecule has 1 rings (SSSR count). The number of nitrogens with zero attached hydrogens (tertiary/aromatic N) is 1. The second-order valence-corrected chi connectivity index (χ2v) is 6.62. The minimum absolute atomic E-state index is 0.0265. The summed E-state index contributed by atoms with van der Waals surface area (Å²) in [4.78, 5) is 59.7. The maximum Gasteiger partial charge on any atom is 0.408 e. The number of aliphatic carboxylic acids is 1. The standard InChI is InChI=1S/C19H26N4O7/c1-11(21-19(29)30-10-13-7-5-4-6-8-13)17(26)23(3)12(2)16(25)22-14(18(27)28)9-15(20)24/h4-8,11-12,14H,9-10H2,1-3H3,(H2,20,24)(H,21,29)(H,22,25)(H,27,28)/t11-,12-,14-/m0/s1. The lowest BCUT2D eigenvalue weighted by atomic mass is 10.1. The van der Waals surface area contributed by atoms with Crippen molar-refractivity contribution < 1.29 is 33.8 Å². The zero-order valence-electron chi connectivity index (χ0n) is 17.0. The van der Waals surface area contributed by atoms with E-state index in [0.717, 1.165) is 10.5 Å². The van der Waals surface area contributed by atoms with Gasteiger partial charge in [0.25, 0.3) is 0 Å². The fourth-order valence-corrected chi connectivity index (χ4v) is 2.37. The van der Waals surface area contributed by atoms with Crippen molar-refractivity contribution in [1.82, 2.24) is 15.5 Å². The Morgan fingerprint density at radius 2 is 1.70 bits per heavy atom. The summed E-state index contributed by atoms with van der Waals surface area (Å²) in [5, 5.41) is 13.6. The molecule has 0 aliphatic rings. The maximum absolute atomic E-state index is 12.5. The summed E-state index contributed by atoms with van der Waals surface area (Å²) in [5.41, 5.74) is 5.74. The van der Waals surface area contributed by atoms with Crippen LogP contribution in [-0.2, 0) is 30.5 Å². The second-order valence-electron chi connectivity index (χ2n) is 6.62. The molecule has 11 nitrogen and oxygen atoms in total. The van der Waals surface area contributed by atoms with E-state index in [2.05, 4.69) is 10.6 Å². The van der Waals surface area contributed by atoms with E-state index >= 15 is 0 Å². The molecular weight excluding hydrogens is 396 g/mol. The molecular formula is C19H26N4O7. The van der Waals surface area contributed by atoms with Crippen molar-refractivity contribution in [3.63, 3.8) is 0 Å². The lowest BCUT2D eigenvalue weighted by molar-refractivity contribution is -0.145. The van der Waals surface area contributed by atoms with E-state index in [1.165, 1.54) is 20.9 Å². The lowest BCUT2D eigenvalue weighted by Crippen LogP contribution is -2.55. The molecule has 0 fully saturated rings. The van der Waals surface area contributed by atoms with Crippen LogP contribution in [-0.4, -0.2) is 65.0 Å². The van der Waals surface area contributed by atoms with Gasteiger partial charge >= 0.3 is 12.1 Å². The van der Waals surface area contributed by atoms with Crippen LogP contribution in [0.25, 0.3) is 0 Å². The average Bonchev–Trinajstić information content (AvgIpc) is 2.70. The van der Waals surface area contributed by atoms with Gasteiger partial charge in [0.1, 0.15) is 24.7 Å². The molecule has 0 unspecified atom stereocenters. The van der Waals surface area contributed by atoms with Gasteiger partial charge in [-0.15, -0.1) is 0 Å². The van der Waals surface area contributed by atoms with Gasteiger partial charge < -0.3 is 31.1 Å². The minimum atomic E-state index is -1.51. The number of carbonyl (C=O) groups excluding carboxylic acids is 4. The predicted molar refractivity (Wildman–Crippen MR) is 105 cm³/mol. The van der Waals surface area contributed by atoms with Crippen LogP contribution in [0.15, 0.2) is 30.3 Å². The number of alkyl carbamates (subject to hydrolysis) is 1. The number of primary amides is 1. The molecule has 1 aromatic carbocycles. The Labute approximate surface area is 173 Å². The summed E-state index contributed by atoms with van der Waals surface area (Å²) in [6.07, 6.45) is -1.39. The van der Waals surface area contributed by atoms with Gasteiger partial charge in [-0.2, -0.15) is 0 Å². The molecule has 0 aliphatic heterocycles. The molecule has 4 amide bonds. The van der Waals surface area contributed by atoms with Crippen LogP contribution >= 0.6 is 0 Å². The van der Waals surface area contributed by atoms with Crippen LogP contribution in [0.4, 0.5) is 4.79 Å².